The summed E-state index contributed by atoms with van der Waals surface area (Å²) in [6, 6.07) is 12.5. The summed E-state index contributed by atoms with van der Waals surface area (Å²) in [6.45, 7) is 5.59. The fourth-order valence-electron chi connectivity index (χ4n) is 4.41. The molecule has 2 N–H and O–H groups in total. The average Bonchev–Trinajstić information content (AvgIpc) is 2.75. The fraction of sp³-hybridized carbons (Fsp3) is 0.391. The largest absolute Gasteiger partial charge is 0.356 e. The van der Waals surface area contributed by atoms with Crippen LogP contribution in [0.3, 0.4) is 0 Å². The van der Waals surface area contributed by atoms with Crippen LogP contribution in [-0.2, 0) is 16.1 Å². The Kier molecular flexibility index (Phi) is 6.66. The van der Waals surface area contributed by atoms with Crippen molar-refractivity contribution in [1.29, 1.82) is 0 Å². The van der Waals surface area contributed by atoms with Crippen molar-refractivity contribution < 1.29 is 9.59 Å². The van der Waals surface area contributed by atoms with E-state index in [0.717, 1.165) is 36.1 Å². The summed E-state index contributed by atoms with van der Waals surface area (Å²) in [4.78, 5) is 38.2. The standard InChI is InChI=1S/C23H26N4O3S2/c1-14(22(30)25-19-8-6-18(7-9-19)24-15(2)28)32-23(31)26-11-16-10-17(13-26)20-4-3-5-21(29)27(20)12-16/h3-9,14,16-17H,10-13H2,1-2H3,(H,24,28)(H,25,30)/t14-,16-,17-/m0/s1. The minimum atomic E-state index is -0.353. The van der Waals surface area contributed by atoms with Crippen LogP contribution >= 0.6 is 24.0 Å². The van der Waals surface area contributed by atoms with Gasteiger partial charge in [0, 0.05) is 55.6 Å². The predicted octanol–water partition coefficient (Wildman–Crippen LogP) is 3.27. The number of aromatic nitrogens is 1. The number of amides is 2. The number of hydrogen-bond acceptors (Lipinski definition) is 5. The molecular weight excluding hydrogens is 444 g/mol. The molecule has 1 aromatic heterocycles. The molecular formula is C23H26N4O3S2. The number of carbonyl (C=O) groups excluding carboxylic acids is 2. The number of nitrogens with one attached hydrogen (secondary N) is 2. The summed E-state index contributed by atoms with van der Waals surface area (Å²) in [5, 5.41) is 5.25. The summed E-state index contributed by atoms with van der Waals surface area (Å²) >= 11 is 7.08. The number of anilines is 2. The molecule has 3 atom stereocenters. The van der Waals surface area contributed by atoms with E-state index in [1.54, 1.807) is 30.3 Å². The molecule has 168 valence electrons. The van der Waals surface area contributed by atoms with Gasteiger partial charge in [-0.1, -0.05) is 30.0 Å². The number of fused-ring (bicyclic) bond motifs is 4. The van der Waals surface area contributed by atoms with Crippen molar-refractivity contribution in [3.63, 3.8) is 0 Å². The Balaban J connectivity index is 1.34. The molecule has 1 aromatic carbocycles. The van der Waals surface area contributed by atoms with Crippen LogP contribution in [0.1, 0.15) is 31.9 Å². The van der Waals surface area contributed by atoms with Crippen LogP contribution in [0.15, 0.2) is 47.3 Å². The summed E-state index contributed by atoms with van der Waals surface area (Å²) in [7, 11) is 0. The molecule has 1 saturated heterocycles. The summed E-state index contributed by atoms with van der Waals surface area (Å²) in [6.07, 6.45) is 1.07. The maximum atomic E-state index is 12.7. The van der Waals surface area contributed by atoms with Gasteiger partial charge in [0.15, 0.2) is 0 Å². The van der Waals surface area contributed by atoms with Gasteiger partial charge in [-0.05, 0) is 49.6 Å². The normalized spacial score (nSPS) is 20.1. The molecule has 2 bridgehead atoms. The summed E-state index contributed by atoms with van der Waals surface area (Å²) in [5.41, 5.74) is 2.49. The number of hydrogen-bond donors (Lipinski definition) is 2. The highest BCUT2D eigenvalue weighted by atomic mass is 32.2. The molecule has 2 aromatic rings. The van der Waals surface area contributed by atoms with E-state index in [1.165, 1.54) is 18.7 Å². The Bertz CT molecular complexity index is 1100. The van der Waals surface area contributed by atoms with Crippen molar-refractivity contribution in [3.8, 4) is 0 Å². The van der Waals surface area contributed by atoms with E-state index in [0.29, 0.717) is 17.3 Å². The molecule has 3 heterocycles. The van der Waals surface area contributed by atoms with Crippen LogP contribution < -0.4 is 16.2 Å². The van der Waals surface area contributed by atoms with E-state index in [9.17, 15) is 14.4 Å². The van der Waals surface area contributed by atoms with Gasteiger partial charge in [-0.3, -0.25) is 14.4 Å². The van der Waals surface area contributed by atoms with Crippen LogP contribution in [0.2, 0.25) is 0 Å². The minimum absolute atomic E-state index is 0.0676. The monoisotopic (exact) mass is 470 g/mol. The lowest BCUT2D eigenvalue weighted by Gasteiger charge is -2.43. The summed E-state index contributed by atoms with van der Waals surface area (Å²) < 4.78 is 2.62. The van der Waals surface area contributed by atoms with Gasteiger partial charge in [-0.2, -0.15) is 0 Å². The number of piperidine rings is 1. The van der Waals surface area contributed by atoms with Crippen LogP contribution in [0.4, 0.5) is 11.4 Å². The highest BCUT2D eigenvalue weighted by Crippen LogP contribution is 2.36. The molecule has 32 heavy (non-hydrogen) atoms. The van der Waals surface area contributed by atoms with Crippen molar-refractivity contribution in [2.45, 2.75) is 38.0 Å². The number of thiocarbonyl (C=S) groups is 1. The van der Waals surface area contributed by atoms with Crippen LogP contribution in [0, 0.1) is 5.92 Å². The first kappa shape index (κ1) is 22.5. The van der Waals surface area contributed by atoms with Crippen molar-refractivity contribution in [1.82, 2.24) is 9.47 Å². The Hall–Kier alpha value is -2.65. The first-order chi connectivity index (χ1) is 15.3. The number of benzene rings is 1. The molecule has 0 radical (unpaired) electrons. The number of thioether (sulfide) groups is 1. The lowest BCUT2D eigenvalue weighted by molar-refractivity contribution is -0.115. The molecule has 0 unspecified atom stereocenters. The molecule has 1 fully saturated rings. The molecule has 2 aliphatic rings. The zero-order valence-corrected chi connectivity index (χ0v) is 19.7. The van der Waals surface area contributed by atoms with E-state index < -0.39 is 0 Å². The third kappa shape index (κ3) is 5.05. The third-order valence-corrected chi connectivity index (χ3v) is 7.43. The quantitative estimate of drug-likeness (QED) is 0.668. The number of likely N-dealkylation sites (tertiary alicyclic amines) is 1. The Morgan fingerprint density at radius 2 is 1.75 bits per heavy atom. The van der Waals surface area contributed by atoms with Crippen molar-refractivity contribution in [3.05, 3.63) is 58.5 Å². The Morgan fingerprint density at radius 3 is 2.44 bits per heavy atom. The highest BCUT2D eigenvalue weighted by Gasteiger charge is 2.35. The average molecular weight is 471 g/mol. The predicted molar refractivity (Wildman–Crippen MR) is 132 cm³/mol. The summed E-state index contributed by atoms with van der Waals surface area (Å²) in [5.74, 6) is 0.392. The molecule has 0 spiro atoms. The Labute approximate surface area is 196 Å². The molecule has 4 rings (SSSR count). The van der Waals surface area contributed by atoms with Gasteiger partial charge in [0.25, 0.3) is 5.56 Å². The van der Waals surface area contributed by atoms with Crippen LogP contribution in [-0.4, -0.2) is 43.9 Å². The highest BCUT2D eigenvalue weighted by molar-refractivity contribution is 8.23. The van der Waals surface area contributed by atoms with Gasteiger partial charge < -0.3 is 20.1 Å². The third-order valence-electron chi connectivity index (χ3n) is 5.86. The zero-order chi connectivity index (χ0) is 22.8. The van der Waals surface area contributed by atoms with Gasteiger partial charge in [-0.15, -0.1) is 0 Å². The zero-order valence-electron chi connectivity index (χ0n) is 18.0. The topological polar surface area (TPSA) is 83.4 Å². The second-order valence-corrected chi connectivity index (χ2v) is 10.4. The molecule has 2 aliphatic heterocycles. The second-order valence-electron chi connectivity index (χ2n) is 8.38. The number of carbonyl (C=O) groups is 2. The molecule has 2 amide bonds. The van der Waals surface area contributed by atoms with E-state index in [1.807, 2.05) is 23.6 Å². The van der Waals surface area contributed by atoms with Crippen molar-refractivity contribution >= 4 is 51.5 Å². The first-order valence-corrected chi connectivity index (χ1v) is 11.9. The van der Waals surface area contributed by atoms with E-state index in [4.69, 9.17) is 12.2 Å². The number of rotatable bonds is 4. The van der Waals surface area contributed by atoms with Gasteiger partial charge in [0.1, 0.15) is 4.32 Å². The van der Waals surface area contributed by atoms with E-state index in [-0.39, 0.29) is 28.5 Å². The van der Waals surface area contributed by atoms with E-state index >= 15 is 0 Å². The molecule has 9 heteroatoms. The maximum Gasteiger partial charge on any atom is 0.250 e. The van der Waals surface area contributed by atoms with Crippen LogP contribution in [0.5, 0.6) is 0 Å². The van der Waals surface area contributed by atoms with E-state index in [2.05, 4.69) is 15.5 Å². The maximum absolute atomic E-state index is 12.7. The van der Waals surface area contributed by atoms with Crippen molar-refractivity contribution in [2.24, 2.45) is 5.92 Å². The van der Waals surface area contributed by atoms with Gasteiger partial charge in [0.2, 0.25) is 11.8 Å². The molecule has 7 nitrogen and oxygen atoms in total. The number of nitrogens with zero attached hydrogens (tertiary/aromatic N) is 2. The Morgan fingerprint density at radius 1 is 1.06 bits per heavy atom. The lowest BCUT2D eigenvalue weighted by Crippen LogP contribution is -2.48. The van der Waals surface area contributed by atoms with Gasteiger partial charge in [-0.25, -0.2) is 0 Å². The molecule has 0 aliphatic carbocycles. The lowest BCUT2D eigenvalue weighted by atomic mass is 9.83. The molecule has 0 saturated carbocycles. The smallest absolute Gasteiger partial charge is 0.250 e. The first-order valence-electron chi connectivity index (χ1n) is 10.6. The fourth-order valence-corrected chi connectivity index (χ4v) is 5.76. The number of pyridine rings is 1. The SMILES string of the molecule is CC(=O)Nc1ccc(NC(=O)[C@H](C)SC(=S)N2C[C@@H]3C[C@@H](C2)c2cccc(=O)n2C3)cc1. The second kappa shape index (κ2) is 9.46. The van der Waals surface area contributed by atoms with Crippen LogP contribution in [0.25, 0.3) is 0 Å². The van der Waals surface area contributed by atoms with Crippen molar-refractivity contribution in [2.75, 3.05) is 23.7 Å². The van der Waals surface area contributed by atoms with Gasteiger partial charge >= 0.3 is 0 Å². The van der Waals surface area contributed by atoms with Gasteiger partial charge in [0.05, 0.1) is 5.25 Å². The minimum Gasteiger partial charge on any atom is -0.356 e.